The van der Waals surface area contributed by atoms with Crippen LogP contribution in [-0.2, 0) is 4.74 Å². The van der Waals surface area contributed by atoms with Crippen LogP contribution in [0.4, 0.5) is 0 Å². The fourth-order valence-corrected chi connectivity index (χ4v) is 3.30. The van der Waals surface area contributed by atoms with Crippen LogP contribution >= 0.6 is 11.6 Å². The van der Waals surface area contributed by atoms with Crippen LogP contribution in [0.3, 0.4) is 0 Å². The van der Waals surface area contributed by atoms with Crippen LogP contribution in [0.15, 0.2) is 24.3 Å². The number of rotatable bonds is 4. The van der Waals surface area contributed by atoms with Gasteiger partial charge >= 0.3 is 0 Å². The standard InChI is InChI=1S/C15H23ClN2O/c1-11-6-8-15(19-2,9-7-11)14(18-17)12-4-3-5-13(16)10-12/h3-5,10-11,14,18H,6-9,17H2,1-2H3. The molecule has 3 nitrogen and oxygen atoms in total. The molecule has 4 heteroatoms. The van der Waals surface area contributed by atoms with Crippen LogP contribution in [-0.4, -0.2) is 12.7 Å². The second-order valence-electron chi connectivity index (χ2n) is 5.61. The van der Waals surface area contributed by atoms with Crippen LogP contribution in [0, 0.1) is 5.92 Å². The second kappa shape index (κ2) is 6.23. The molecule has 1 aliphatic carbocycles. The van der Waals surface area contributed by atoms with Crippen LogP contribution in [0.25, 0.3) is 0 Å². The van der Waals surface area contributed by atoms with Crippen molar-refractivity contribution in [2.45, 2.75) is 44.2 Å². The number of nitrogens with two attached hydrogens (primary N) is 1. The molecule has 0 radical (unpaired) electrons. The number of hydrogen-bond donors (Lipinski definition) is 2. The van der Waals surface area contributed by atoms with Gasteiger partial charge in [-0.1, -0.05) is 30.7 Å². The van der Waals surface area contributed by atoms with Gasteiger partial charge in [0.1, 0.15) is 0 Å². The summed E-state index contributed by atoms with van der Waals surface area (Å²) in [6.07, 6.45) is 4.39. The van der Waals surface area contributed by atoms with Crippen molar-refractivity contribution < 1.29 is 4.74 Å². The zero-order valence-corrected chi connectivity index (χ0v) is 12.4. The summed E-state index contributed by atoms with van der Waals surface area (Å²) in [5, 5.41) is 0.730. The molecule has 1 fully saturated rings. The van der Waals surface area contributed by atoms with E-state index in [0.717, 1.165) is 29.3 Å². The predicted octanol–water partition coefficient (Wildman–Crippen LogP) is 3.44. The average Bonchev–Trinajstić information content (AvgIpc) is 2.42. The largest absolute Gasteiger partial charge is 0.376 e. The summed E-state index contributed by atoms with van der Waals surface area (Å²) in [7, 11) is 1.78. The summed E-state index contributed by atoms with van der Waals surface area (Å²) in [6.45, 7) is 2.30. The van der Waals surface area contributed by atoms with E-state index in [0.29, 0.717) is 0 Å². The molecule has 2 rings (SSSR count). The predicted molar refractivity (Wildman–Crippen MR) is 78.9 cm³/mol. The Kier molecular flexibility index (Phi) is 4.85. The van der Waals surface area contributed by atoms with E-state index < -0.39 is 0 Å². The molecular formula is C15H23ClN2O. The summed E-state index contributed by atoms with van der Waals surface area (Å²) in [4.78, 5) is 0. The average molecular weight is 283 g/mol. The van der Waals surface area contributed by atoms with Gasteiger partial charge in [-0.15, -0.1) is 0 Å². The molecule has 0 saturated heterocycles. The molecule has 0 aromatic heterocycles. The lowest BCUT2D eigenvalue weighted by Crippen LogP contribution is -2.49. The Morgan fingerprint density at radius 1 is 1.42 bits per heavy atom. The summed E-state index contributed by atoms with van der Waals surface area (Å²) >= 11 is 6.09. The Balaban J connectivity index is 2.28. The molecule has 1 aromatic carbocycles. The molecule has 1 aromatic rings. The number of benzene rings is 1. The third-order valence-electron chi connectivity index (χ3n) is 4.40. The molecular weight excluding hydrogens is 260 g/mol. The highest BCUT2D eigenvalue weighted by Gasteiger charge is 2.41. The minimum absolute atomic E-state index is 0.0244. The van der Waals surface area contributed by atoms with Crippen LogP contribution in [0.5, 0.6) is 0 Å². The van der Waals surface area contributed by atoms with Gasteiger partial charge in [-0.25, -0.2) is 0 Å². The van der Waals surface area contributed by atoms with Crippen molar-refractivity contribution in [2.75, 3.05) is 7.11 Å². The van der Waals surface area contributed by atoms with E-state index in [2.05, 4.69) is 18.4 Å². The van der Waals surface area contributed by atoms with Crippen molar-refractivity contribution in [3.63, 3.8) is 0 Å². The third-order valence-corrected chi connectivity index (χ3v) is 4.64. The lowest BCUT2D eigenvalue weighted by molar-refractivity contribution is -0.0761. The first-order valence-electron chi connectivity index (χ1n) is 6.88. The SMILES string of the molecule is COC1(C(NN)c2cccc(Cl)c2)CCC(C)CC1. The number of nitrogens with one attached hydrogen (secondary N) is 1. The molecule has 0 aliphatic heterocycles. The van der Waals surface area contributed by atoms with Crippen molar-refractivity contribution in [1.82, 2.24) is 5.43 Å². The number of hydrogen-bond acceptors (Lipinski definition) is 3. The Hall–Kier alpha value is -0.610. The summed E-state index contributed by atoms with van der Waals surface area (Å²) in [5.74, 6) is 6.57. The van der Waals surface area contributed by atoms with Gasteiger partial charge < -0.3 is 4.74 Å². The van der Waals surface area contributed by atoms with E-state index in [4.69, 9.17) is 22.2 Å². The monoisotopic (exact) mass is 282 g/mol. The Morgan fingerprint density at radius 3 is 2.63 bits per heavy atom. The maximum atomic E-state index is 6.09. The van der Waals surface area contributed by atoms with Gasteiger partial charge in [0.2, 0.25) is 0 Å². The molecule has 106 valence electrons. The molecule has 0 heterocycles. The van der Waals surface area contributed by atoms with Crippen LogP contribution in [0.1, 0.15) is 44.2 Å². The van der Waals surface area contributed by atoms with Gasteiger partial charge in [0, 0.05) is 12.1 Å². The molecule has 1 atom stereocenters. The lowest BCUT2D eigenvalue weighted by Gasteiger charge is -2.44. The maximum absolute atomic E-state index is 6.09. The van der Waals surface area contributed by atoms with Crippen LogP contribution in [0.2, 0.25) is 5.02 Å². The van der Waals surface area contributed by atoms with Crippen molar-refractivity contribution in [1.29, 1.82) is 0 Å². The maximum Gasteiger partial charge on any atom is 0.0885 e. The summed E-state index contributed by atoms with van der Waals surface area (Å²) < 4.78 is 5.89. The minimum Gasteiger partial charge on any atom is -0.376 e. The third kappa shape index (κ3) is 3.11. The van der Waals surface area contributed by atoms with E-state index >= 15 is 0 Å². The molecule has 1 aliphatic rings. The fraction of sp³-hybridized carbons (Fsp3) is 0.600. The highest BCUT2D eigenvalue weighted by molar-refractivity contribution is 6.30. The molecule has 0 bridgehead atoms. The van der Waals surface area contributed by atoms with Crippen LogP contribution < -0.4 is 11.3 Å². The number of methoxy groups -OCH3 is 1. The van der Waals surface area contributed by atoms with Gasteiger partial charge in [-0.05, 0) is 49.3 Å². The number of ether oxygens (including phenoxy) is 1. The zero-order valence-electron chi connectivity index (χ0n) is 11.7. The van der Waals surface area contributed by atoms with E-state index in [1.165, 1.54) is 12.8 Å². The minimum atomic E-state index is -0.230. The Morgan fingerprint density at radius 2 is 2.11 bits per heavy atom. The van der Waals surface area contributed by atoms with Gasteiger partial charge in [0.25, 0.3) is 0 Å². The smallest absolute Gasteiger partial charge is 0.0885 e. The van der Waals surface area contributed by atoms with Crippen molar-refractivity contribution >= 4 is 11.6 Å². The van der Waals surface area contributed by atoms with Gasteiger partial charge in [-0.3, -0.25) is 11.3 Å². The normalized spacial score (nSPS) is 29.2. The van der Waals surface area contributed by atoms with E-state index in [-0.39, 0.29) is 11.6 Å². The first kappa shape index (κ1) is 14.8. The highest BCUT2D eigenvalue weighted by atomic mass is 35.5. The molecule has 19 heavy (non-hydrogen) atoms. The van der Waals surface area contributed by atoms with E-state index in [1.54, 1.807) is 7.11 Å². The molecule has 0 amide bonds. The molecule has 1 unspecified atom stereocenters. The van der Waals surface area contributed by atoms with Crippen molar-refractivity contribution in [3.8, 4) is 0 Å². The summed E-state index contributed by atoms with van der Waals surface area (Å²) in [6, 6.07) is 7.82. The second-order valence-corrected chi connectivity index (χ2v) is 6.04. The molecule has 3 N–H and O–H groups in total. The van der Waals surface area contributed by atoms with E-state index in [1.807, 2.05) is 18.2 Å². The number of hydrazine groups is 1. The topological polar surface area (TPSA) is 47.3 Å². The van der Waals surface area contributed by atoms with Gasteiger partial charge in [0.05, 0.1) is 11.6 Å². The highest BCUT2D eigenvalue weighted by Crippen LogP contribution is 2.42. The Bertz CT molecular complexity index is 416. The first-order valence-corrected chi connectivity index (χ1v) is 7.26. The summed E-state index contributed by atoms with van der Waals surface area (Å²) in [5.41, 5.74) is 3.80. The van der Waals surface area contributed by atoms with Crippen molar-refractivity contribution in [3.05, 3.63) is 34.9 Å². The first-order chi connectivity index (χ1) is 9.11. The Labute approximate surface area is 120 Å². The fourth-order valence-electron chi connectivity index (χ4n) is 3.10. The number of halogens is 1. The lowest BCUT2D eigenvalue weighted by atomic mass is 9.73. The zero-order chi connectivity index (χ0) is 13.9. The van der Waals surface area contributed by atoms with Gasteiger partial charge in [-0.2, -0.15) is 0 Å². The molecule has 1 saturated carbocycles. The molecule has 0 spiro atoms. The van der Waals surface area contributed by atoms with Crippen molar-refractivity contribution in [2.24, 2.45) is 11.8 Å². The van der Waals surface area contributed by atoms with Gasteiger partial charge in [0.15, 0.2) is 0 Å². The quantitative estimate of drug-likeness (QED) is 0.657. The van der Waals surface area contributed by atoms with E-state index in [9.17, 15) is 0 Å².